The molecule has 1 aliphatic heterocycles. The molecule has 12 nitrogen and oxygen atoms in total. The fourth-order valence-corrected chi connectivity index (χ4v) is 7.81. The third-order valence-electron chi connectivity index (χ3n) is 10.8. The van der Waals surface area contributed by atoms with Gasteiger partial charge in [-0.25, -0.2) is 0 Å². The van der Waals surface area contributed by atoms with Gasteiger partial charge in [0.05, 0.1) is 48.2 Å². The average molecular weight is 725 g/mol. The summed E-state index contributed by atoms with van der Waals surface area (Å²) in [6, 6.07) is 7.59. The van der Waals surface area contributed by atoms with Crippen LogP contribution in [0.3, 0.4) is 0 Å². The van der Waals surface area contributed by atoms with Crippen LogP contribution >= 0.6 is 0 Å². The van der Waals surface area contributed by atoms with Crippen LogP contribution in [0.4, 0.5) is 5.69 Å². The van der Waals surface area contributed by atoms with Gasteiger partial charge in [0.1, 0.15) is 6.04 Å². The van der Waals surface area contributed by atoms with Crippen LogP contribution in [0, 0.1) is 23.7 Å². The topological polar surface area (TPSA) is 133 Å². The molecule has 1 fully saturated rings. The number of pyridine rings is 1. The van der Waals surface area contributed by atoms with Crippen molar-refractivity contribution in [2.75, 3.05) is 47.2 Å². The van der Waals surface area contributed by atoms with Crippen molar-refractivity contribution >= 4 is 40.2 Å². The van der Waals surface area contributed by atoms with Gasteiger partial charge in [-0.05, 0) is 62.9 Å². The molecule has 3 rings (SSSR count). The third kappa shape index (κ3) is 10.3. The van der Waals surface area contributed by atoms with Crippen LogP contribution in [-0.4, -0.2) is 122 Å². The number of hydrogen-bond donors (Lipinski definition) is 2. The summed E-state index contributed by atoms with van der Waals surface area (Å²) >= 11 is 0. The normalized spacial score (nSPS) is 18.9. The van der Waals surface area contributed by atoms with Crippen molar-refractivity contribution in [2.24, 2.45) is 23.7 Å². The SMILES string of the molecule is CC[C@H](C)[C@@H]([C@@H](CC(=O)N1CCC[C@H]1[C@H](OC)[C@@H](C)C(=O)Nc1ccc2cccnc2c1)OC)N(C)C(=O)[C@@H](NC(=O)[C@H](C(C)C)N(C)C)C(C)C. The summed E-state index contributed by atoms with van der Waals surface area (Å²) in [5, 5.41) is 7.04. The molecule has 8 atom stereocenters. The lowest BCUT2D eigenvalue weighted by Crippen LogP contribution is -2.59. The van der Waals surface area contributed by atoms with Crippen molar-refractivity contribution in [3.63, 3.8) is 0 Å². The summed E-state index contributed by atoms with van der Waals surface area (Å²) in [5.41, 5.74) is 1.43. The van der Waals surface area contributed by atoms with Gasteiger partial charge in [0.2, 0.25) is 23.6 Å². The molecule has 0 saturated carbocycles. The second-order valence-electron chi connectivity index (χ2n) is 15.4. The lowest BCUT2D eigenvalue weighted by atomic mass is 9.89. The molecule has 1 aromatic heterocycles. The largest absolute Gasteiger partial charge is 0.379 e. The minimum absolute atomic E-state index is 0.00414. The Labute approximate surface area is 311 Å². The molecular formula is C40H64N6O6. The quantitative estimate of drug-likeness (QED) is 0.224. The van der Waals surface area contributed by atoms with Gasteiger partial charge >= 0.3 is 0 Å². The van der Waals surface area contributed by atoms with E-state index in [-0.39, 0.29) is 59.9 Å². The lowest BCUT2D eigenvalue weighted by Gasteiger charge is -2.41. The number of nitrogens with zero attached hydrogens (tertiary/aromatic N) is 4. The maximum atomic E-state index is 14.2. The Kier molecular flexibility index (Phi) is 16.0. The first-order valence-electron chi connectivity index (χ1n) is 18.8. The van der Waals surface area contributed by atoms with Crippen molar-refractivity contribution < 1.29 is 28.7 Å². The molecule has 0 bridgehead atoms. The van der Waals surface area contributed by atoms with Gasteiger partial charge in [0.25, 0.3) is 0 Å². The van der Waals surface area contributed by atoms with Crippen LogP contribution < -0.4 is 10.6 Å². The van der Waals surface area contributed by atoms with Gasteiger partial charge in [-0.15, -0.1) is 0 Å². The lowest BCUT2D eigenvalue weighted by molar-refractivity contribution is -0.147. The molecule has 0 aliphatic carbocycles. The van der Waals surface area contributed by atoms with Crippen molar-refractivity contribution in [1.29, 1.82) is 0 Å². The van der Waals surface area contributed by atoms with Crippen LogP contribution in [0.2, 0.25) is 0 Å². The van der Waals surface area contributed by atoms with Crippen LogP contribution in [0.15, 0.2) is 36.5 Å². The third-order valence-corrected chi connectivity index (χ3v) is 10.8. The molecular weight excluding hydrogens is 660 g/mol. The fraction of sp³-hybridized carbons (Fsp3) is 0.675. The van der Waals surface area contributed by atoms with Crippen molar-refractivity contribution in [2.45, 2.75) is 111 Å². The number of likely N-dealkylation sites (N-methyl/N-ethyl adjacent to an activating group) is 2. The summed E-state index contributed by atoms with van der Waals surface area (Å²) in [4.78, 5) is 65.1. The van der Waals surface area contributed by atoms with Gasteiger partial charge in [-0.1, -0.05) is 67.0 Å². The summed E-state index contributed by atoms with van der Waals surface area (Å²) < 4.78 is 12.0. The van der Waals surface area contributed by atoms with Crippen molar-refractivity contribution in [3.8, 4) is 0 Å². The molecule has 1 aromatic carbocycles. The Balaban J connectivity index is 1.78. The fourth-order valence-electron chi connectivity index (χ4n) is 7.81. The summed E-state index contributed by atoms with van der Waals surface area (Å²) in [6.07, 6.45) is 2.87. The van der Waals surface area contributed by atoms with Gasteiger partial charge in [-0.3, -0.25) is 29.1 Å². The molecule has 2 aromatic rings. The van der Waals surface area contributed by atoms with Crippen LogP contribution in [-0.2, 0) is 28.7 Å². The minimum atomic E-state index is -0.748. The number of carbonyl (C=O) groups is 4. The second kappa shape index (κ2) is 19.5. The molecule has 0 radical (unpaired) electrons. The van der Waals surface area contributed by atoms with E-state index in [2.05, 4.69) is 29.5 Å². The zero-order valence-electron chi connectivity index (χ0n) is 33.5. The maximum absolute atomic E-state index is 14.2. The standard InChI is InChI=1S/C40H64N6O6/c1-13-26(6)36(45(10)40(50)34(24(2)3)43-39(49)35(25(4)5)44(8)9)32(51-11)23-33(47)46-21-15-17-31(46)37(52-12)27(7)38(48)42-29-19-18-28-16-14-20-41-30(28)22-29/h14,16,18-20,22,24-27,31-32,34-37H,13,15,17,21,23H2,1-12H3,(H,42,48)(H,43,49)/t26-,27+,31-,32+,34-,35-,36-,37+/m0/s1. The summed E-state index contributed by atoms with van der Waals surface area (Å²) in [7, 11) is 8.63. The number of anilines is 1. The molecule has 290 valence electrons. The monoisotopic (exact) mass is 724 g/mol. The number of rotatable bonds is 18. The van der Waals surface area contributed by atoms with Gasteiger partial charge in [-0.2, -0.15) is 0 Å². The van der Waals surface area contributed by atoms with E-state index in [1.807, 2.05) is 88.8 Å². The van der Waals surface area contributed by atoms with E-state index >= 15 is 0 Å². The molecule has 2 heterocycles. The number of hydrogen-bond acceptors (Lipinski definition) is 8. The molecule has 2 N–H and O–H groups in total. The summed E-state index contributed by atoms with van der Waals surface area (Å²) in [6.45, 7) is 14.3. The van der Waals surface area contributed by atoms with E-state index < -0.39 is 30.2 Å². The number of likely N-dealkylation sites (tertiary alicyclic amines) is 1. The first-order chi connectivity index (χ1) is 24.6. The van der Waals surface area contributed by atoms with Crippen LogP contribution in [0.5, 0.6) is 0 Å². The number of methoxy groups -OCH3 is 2. The van der Waals surface area contributed by atoms with Crippen LogP contribution in [0.25, 0.3) is 10.9 Å². The zero-order chi connectivity index (χ0) is 38.9. The number of amides is 4. The Morgan fingerprint density at radius 2 is 1.65 bits per heavy atom. The first-order valence-corrected chi connectivity index (χ1v) is 18.8. The maximum Gasteiger partial charge on any atom is 0.245 e. The summed E-state index contributed by atoms with van der Waals surface area (Å²) in [5.74, 6) is -1.39. The Bertz CT molecular complexity index is 1490. The first kappa shape index (κ1) is 42.8. The molecule has 4 amide bonds. The van der Waals surface area contributed by atoms with Crippen LogP contribution in [0.1, 0.15) is 74.1 Å². The average Bonchev–Trinajstić information content (AvgIpc) is 3.59. The van der Waals surface area contributed by atoms with E-state index in [1.54, 1.807) is 32.4 Å². The van der Waals surface area contributed by atoms with E-state index in [0.29, 0.717) is 18.7 Å². The molecule has 52 heavy (non-hydrogen) atoms. The molecule has 12 heteroatoms. The number of fused-ring (bicyclic) bond motifs is 1. The van der Waals surface area contributed by atoms with E-state index in [1.165, 1.54) is 0 Å². The highest BCUT2D eigenvalue weighted by Crippen LogP contribution is 2.30. The highest BCUT2D eigenvalue weighted by Gasteiger charge is 2.43. The van der Waals surface area contributed by atoms with E-state index in [4.69, 9.17) is 9.47 Å². The van der Waals surface area contributed by atoms with E-state index in [0.717, 1.165) is 23.7 Å². The number of aromatic nitrogens is 1. The highest BCUT2D eigenvalue weighted by molar-refractivity contribution is 5.95. The Hall–Kier alpha value is -3.61. The van der Waals surface area contributed by atoms with Crippen molar-refractivity contribution in [1.82, 2.24) is 25.0 Å². The van der Waals surface area contributed by atoms with Gasteiger partial charge in [0.15, 0.2) is 0 Å². The Morgan fingerprint density at radius 3 is 2.23 bits per heavy atom. The number of ether oxygens (including phenoxy) is 2. The predicted molar refractivity (Wildman–Crippen MR) is 206 cm³/mol. The number of nitrogens with one attached hydrogen (secondary N) is 2. The molecule has 0 spiro atoms. The molecule has 0 unspecified atom stereocenters. The molecule has 1 saturated heterocycles. The molecule has 1 aliphatic rings. The van der Waals surface area contributed by atoms with Gasteiger partial charge < -0.3 is 29.9 Å². The zero-order valence-corrected chi connectivity index (χ0v) is 33.5. The minimum Gasteiger partial charge on any atom is -0.379 e. The van der Waals surface area contributed by atoms with Crippen molar-refractivity contribution in [3.05, 3.63) is 36.5 Å². The smallest absolute Gasteiger partial charge is 0.245 e. The number of carbonyl (C=O) groups excluding carboxylic acids is 4. The second-order valence-corrected chi connectivity index (χ2v) is 15.4. The number of benzene rings is 1. The van der Waals surface area contributed by atoms with E-state index in [9.17, 15) is 19.2 Å². The Morgan fingerprint density at radius 1 is 0.962 bits per heavy atom. The highest BCUT2D eigenvalue weighted by atomic mass is 16.5. The predicted octanol–water partition coefficient (Wildman–Crippen LogP) is 4.82. The van der Waals surface area contributed by atoms with Gasteiger partial charge in [0, 0.05) is 45.1 Å².